The lowest BCUT2D eigenvalue weighted by Crippen LogP contribution is -2.06. The van der Waals surface area contributed by atoms with Crippen LogP contribution in [0.4, 0.5) is 8.78 Å². The Morgan fingerprint density at radius 1 is 1.00 bits per heavy atom. The van der Waals surface area contributed by atoms with Gasteiger partial charge >= 0.3 is 0 Å². The van der Waals surface area contributed by atoms with Crippen LogP contribution in [-0.4, -0.2) is 20.0 Å². The van der Waals surface area contributed by atoms with Gasteiger partial charge in [0.2, 0.25) is 0 Å². The molecule has 0 heterocycles. The molecule has 2 aromatic rings. The summed E-state index contributed by atoms with van der Waals surface area (Å²) in [5.41, 5.74) is 0.0326. The lowest BCUT2D eigenvalue weighted by atomic mass is 10.0. The van der Waals surface area contributed by atoms with Gasteiger partial charge in [0.1, 0.15) is 11.5 Å². The van der Waals surface area contributed by atoms with Gasteiger partial charge in [-0.1, -0.05) is 11.6 Å². The largest absolute Gasteiger partial charge is 0.497 e. The molecule has 0 spiro atoms. The van der Waals surface area contributed by atoms with E-state index in [1.54, 1.807) is 6.07 Å². The van der Waals surface area contributed by atoms with Gasteiger partial charge in [0.25, 0.3) is 0 Å². The van der Waals surface area contributed by atoms with Crippen molar-refractivity contribution < 1.29 is 23.0 Å². The Bertz CT molecular complexity index is 702. The zero-order valence-electron chi connectivity index (χ0n) is 11.2. The first-order chi connectivity index (χ1) is 9.97. The molecule has 21 heavy (non-hydrogen) atoms. The van der Waals surface area contributed by atoms with Crippen LogP contribution in [0, 0.1) is 11.6 Å². The highest BCUT2D eigenvalue weighted by molar-refractivity contribution is 6.35. The number of hydrogen-bond donors (Lipinski definition) is 0. The molecule has 0 aliphatic heterocycles. The lowest BCUT2D eigenvalue weighted by molar-refractivity contribution is 0.103. The van der Waals surface area contributed by atoms with Crippen LogP contribution in [0.15, 0.2) is 30.3 Å². The van der Waals surface area contributed by atoms with Crippen LogP contribution < -0.4 is 9.47 Å². The number of hydrogen-bond acceptors (Lipinski definition) is 3. The van der Waals surface area contributed by atoms with Crippen LogP contribution in [0.3, 0.4) is 0 Å². The molecule has 6 heteroatoms. The van der Waals surface area contributed by atoms with Crippen LogP contribution in [0.1, 0.15) is 15.9 Å². The smallest absolute Gasteiger partial charge is 0.198 e. The minimum absolute atomic E-state index is 0.140. The van der Waals surface area contributed by atoms with Gasteiger partial charge in [-0.15, -0.1) is 0 Å². The number of halogens is 3. The van der Waals surface area contributed by atoms with Gasteiger partial charge in [-0.2, -0.15) is 0 Å². The van der Waals surface area contributed by atoms with Crippen molar-refractivity contribution in [1.29, 1.82) is 0 Å². The van der Waals surface area contributed by atoms with E-state index in [-0.39, 0.29) is 21.9 Å². The van der Waals surface area contributed by atoms with Gasteiger partial charge in [0.15, 0.2) is 17.4 Å². The Labute approximate surface area is 125 Å². The summed E-state index contributed by atoms with van der Waals surface area (Å²) in [5.74, 6) is -2.08. The maximum Gasteiger partial charge on any atom is 0.198 e. The van der Waals surface area contributed by atoms with Crippen molar-refractivity contribution in [2.24, 2.45) is 0 Å². The van der Waals surface area contributed by atoms with Crippen molar-refractivity contribution in [1.82, 2.24) is 0 Å². The van der Waals surface area contributed by atoms with Crippen molar-refractivity contribution in [3.8, 4) is 11.5 Å². The molecule has 0 aliphatic rings. The van der Waals surface area contributed by atoms with E-state index in [1.807, 2.05) is 0 Å². The maximum absolute atomic E-state index is 13.3. The summed E-state index contributed by atoms with van der Waals surface area (Å²) in [6, 6.07) is 6.08. The third kappa shape index (κ3) is 2.97. The van der Waals surface area contributed by atoms with Crippen molar-refractivity contribution >= 4 is 17.4 Å². The fraction of sp³-hybridized carbons (Fsp3) is 0.133. The average molecular weight is 313 g/mol. The van der Waals surface area contributed by atoms with Crippen LogP contribution in [0.2, 0.25) is 5.02 Å². The standard InChI is InChI=1S/C15H11ClF2O3/c1-20-8-3-4-9(14(5-8)21-2)15(19)10-6-12(17)13(18)7-11(10)16/h3-7H,1-2H3. The third-order valence-corrected chi connectivity index (χ3v) is 3.22. The minimum Gasteiger partial charge on any atom is -0.497 e. The molecule has 0 aliphatic carbocycles. The first kappa shape index (κ1) is 15.3. The van der Waals surface area contributed by atoms with Gasteiger partial charge in [-0.25, -0.2) is 8.78 Å². The predicted molar refractivity (Wildman–Crippen MR) is 74.3 cm³/mol. The fourth-order valence-electron chi connectivity index (χ4n) is 1.83. The summed E-state index contributed by atoms with van der Waals surface area (Å²) in [4.78, 5) is 12.4. The summed E-state index contributed by atoms with van der Waals surface area (Å²) in [6.45, 7) is 0. The van der Waals surface area contributed by atoms with E-state index in [2.05, 4.69) is 0 Å². The van der Waals surface area contributed by atoms with Crippen LogP contribution in [0.5, 0.6) is 11.5 Å². The normalized spacial score (nSPS) is 10.3. The molecule has 3 nitrogen and oxygen atoms in total. The SMILES string of the molecule is COc1ccc(C(=O)c2cc(F)c(F)cc2Cl)c(OC)c1. The zero-order valence-corrected chi connectivity index (χ0v) is 12.0. The second-order valence-corrected chi connectivity index (χ2v) is 4.55. The second kappa shape index (κ2) is 6.10. The van der Waals surface area contributed by atoms with Gasteiger partial charge in [0.05, 0.1) is 24.8 Å². The number of ketones is 1. The van der Waals surface area contributed by atoms with Crippen LogP contribution in [0.25, 0.3) is 0 Å². The predicted octanol–water partition coefficient (Wildman–Crippen LogP) is 3.87. The van der Waals surface area contributed by atoms with E-state index in [4.69, 9.17) is 21.1 Å². The Balaban J connectivity index is 2.52. The first-order valence-electron chi connectivity index (χ1n) is 5.89. The number of rotatable bonds is 4. The number of carbonyl (C=O) groups excluding carboxylic acids is 1. The minimum atomic E-state index is -1.14. The molecule has 0 bridgehead atoms. The van der Waals surface area contributed by atoms with Crippen molar-refractivity contribution in [2.75, 3.05) is 14.2 Å². The molecule has 0 aromatic heterocycles. The highest BCUT2D eigenvalue weighted by Crippen LogP contribution is 2.29. The number of carbonyl (C=O) groups is 1. The molecule has 0 amide bonds. The topological polar surface area (TPSA) is 35.5 Å². The number of benzene rings is 2. The number of methoxy groups -OCH3 is 2. The van der Waals surface area contributed by atoms with E-state index in [0.717, 1.165) is 12.1 Å². The van der Waals surface area contributed by atoms with E-state index in [9.17, 15) is 13.6 Å². The van der Waals surface area contributed by atoms with Crippen molar-refractivity contribution in [3.05, 3.63) is 58.1 Å². The maximum atomic E-state index is 13.3. The molecule has 2 aromatic carbocycles. The van der Waals surface area contributed by atoms with Gasteiger partial charge in [-0.05, 0) is 24.3 Å². The zero-order chi connectivity index (χ0) is 15.6. The monoisotopic (exact) mass is 312 g/mol. The van der Waals surface area contributed by atoms with Crippen molar-refractivity contribution in [3.63, 3.8) is 0 Å². The molecular formula is C15H11ClF2O3. The second-order valence-electron chi connectivity index (χ2n) is 4.14. The van der Waals surface area contributed by atoms with E-state index in [0.29, 0.717) is 5.75 Å². The lowest BCUT2D eigenvalue weighted by Gasteiger charge is -2.10. The molecule has 0 unspecified atom stereocenters. The molecule has 0 fully saturated rings. The summed E-state index contributed by atoms with van der Waals surface area (Å²) in [7, 11) is 2.86. The third-order valence-electron chi connectivity index (χ3n) is 2.91. The Hall–Kier alpha value is -2.14. The Morgan fingerprint density at radius 3 is 2.29 bits per heavy atom. The quantitative estimate of drug-likeness (QED) is 0.635. The highest BCUT2D eigenvalue weighted by Gasteiger charge is 2.20. The molecule has 0 radical (unpaired) electrons. The van der Waals surface area contributed by atoms with Gasteiger partial charge in [-0.3, -0.25) is 4.79 Å². The molecule has 110 valence electrons. The molecule has 0 atom stereocenters. The Morgan fingerprint density at radius 2 is 1.67 bits per heavy atom. The number of ether oxygens (including phenoxy) is 2. The molecule has 0 saturated carbocycles. The van der Waals surface area contributed by atoms with Gasteiger partial charge < -0.3 is 9.47 Å². The Kier molecular flexibility index (Phi) is 4.43. The first-order valence-corrected chi connectivity index (χ1v) is 6.27. The molecule has 0 N–H and O–H groups in total. The summed E-state index contributed by atoms with van der Waals surface area (Å²) in [6.07, 6.45) is 0. The summed E-state index contributed by atoms with van der Waals surface area (Å²) in [5, 5.41) is -0.170. The summed E-state index contributed by atoms with van der Waals surface area (Å²) < 4.78 is 36.5. The van der Waals surface area contributed by atoms with E-state index >= 15 is 0 Å². The van der Waals surface area contributed by atoms with Crippen LogP contribution in [-0.2, 0) is 0 Å². The molecule has 0 saturated heterocycles. The van der Waals surface area contributed by atoms with Gasteiger partial charge in [0, 0.05) is 11.6 Å². The van der Waals surface area contributed by atoms with E-state index < -0.39 is 17.4 Å². The molecular weight excluding hydrogens is 302 g/mol. The van der Waals surface area contributed by atoms with Crippen LogP contribution >= 0.6 is 11.6 Å². The average Bonchev–Trinajstić information content (AvgIpc) is 2.49. The fourth-order valence-corrected chi connectivity index (χ4v) is 2.06. The van der Waals surface area contributed by atoms with Crippen molar-refractivity contribution in [2.45, 2.75) is 0 Å². The molecule has 2 rings (SSSR count). The summed E-state index contributed by atoms with van der Waals surface area (Å²) >= 11 is 5.81. The van der Waals surface area contributed by atoms with E-state index in [1.165, 1.54) is 26.4 Å². The highest BCUT2D eigenvalue weighted by atomic mass is 35.5.